The van der Waals surface area contributed by atoms with Crippen LogP contribution in [0.25, 0.3) is 0 Å². The largest absolute Gasteiger partial charge is 0.381 e. The molecule has 0 spiro atoms. The maximum absolute atomic E-state index is 10.6. The number of sulfonamides is 1. The van der Waals surface area contributed by atoms with Gasteiger partial charge in [0.15, 0.2) is 0 Å². The molecule has 0 aromatic rings. The number of ether oxygens (including phenoxy) is 1. The molecule has 5 heteroatoms. The molecule has 0 aromatic carbocycles. The lowest BCUT2D eigenvalue weighted by Crippen LogP contribution is -2.16. The Hall–Kier alpha value is -0.130. The first-order chi connectivity index (χ1) is 6.56. The molecule has 0 aromatic heterocycles. The predicted octanol–water partition coefficient (Wildman–Crippen LogP) is 1.26. The summed E-state index contributed by atoms with van der Waals surface area (Å²) in [5.74, 6) is 0.100. The van der Waals surface area contributed by atoms with Gasteiger partial charge in [-0.2, -0.15) is 0 Å². The lowest BCUT2D eigenvalue weighted by Gasteiger charge is -2.02. The average Bonchev–Trinajstić information content (AvgIpc) is 2.08. The maximum Gasteiger partial charge on any atom is 0.209 e. The Labute approximate surface area is 86.9 Å². The quantitative estimate of drug-likeness (QED) is 0.598. The van der Waals surface area contributed by atoms with Crippen LogP contribution in [-0.2, 0) is 14.8 Å². The van der Waals surface area contributed by atoms with Crippen molar-refractivity contribution in [2.24, 2.45) is 5.14 Å². The molecule has 0 fully saturated rings. The van der Waals surface area contributed by atoms with Crippen LogP contribution in [0.1, 0.15) is 39.0 Å². The highest BCUT2D eigenvalue weighted by Gasteiger charge is 2.00. The van der Waals surface area contributed by atoms with E-state index in [0.29, 0.717) is 6.42 Å². The highest BCUT2D eigenvalue weighted by Crippen LogP contribution is 2.01. The third kappa shape index (κ3) is 11.9. The van der Waals surface area contributed by atoms with Crippen molar-refractivity contribution in [1.82, 2.24) is 0 Å². The summed E-state index contributed by atoms with van der Waals surface area (Å²) in [6.07, 6.45) is 4.63. The minimum absolute atomic E-state index is 0.100. The van der Waals surface area contributed by atoms with E-state index in [-0.39, 0.29) is 5.75 Å². The molecule has 0 amide bonds. The minimum atomic E-state index is -3.26. The Balaban J connectivity index is 3.07. The van der Waals surface area contributed by atoms with Crippen LogP contribution in [0.5, 0.6) is 0 Å². The van der Waals surface area contributed by atoms with Crippen molar-refractivity contribution in [3.63, 3.8) is 0 Å². The van der Waals surface area contributed by atoms with Gasteiger partial charge in [0.25, 0.3) is 0 Å². The summed E-state index contributed by atoms with van der Waals surface area (Å²) in [5.41, 5.74) is 0. The summed E-state index contributed by atoms with van der Waals surface area (Å²) in [6.45, 7) is 3.67. The zero-order valence-corrected chi connectivity index (χ0v) is 9.68. The number of hydrogen-bond acceptors (Lipinski definition) is 3. The number of hydrogen-bond donors (Lipinski definition) is 1. The molecular formula is C9H21NO3S. The van der Waals surface area contributed by atoms with E-state index in [1.807, 2.05) is 0 Å². The third-order valence-electron chi connectivity index (χ3n) is 1.82. The van der Waals surface area contributed by atoms with Gasteiger partial charge in [-0.25, -0.2) is 13.6 Å². The van der Waals surface area contributed by atoms with Gasteiger partial charge in [0.2, 0.25) is 10.0 Å². The lowest BCUT2D eigenvalue weighted by molar-refractivity contribution is 0.130. The first kappa shape index (κ1) is 13.9. The summed E-state index contributed by atoms with van der Waals surface area (Å²) in [4.78, 5) is 0. The monoisotopic (exact) mass is 223 g/mol. The molecule has 0 rings (SSSR count). The third-order valence-corrected chi connectivity index (χ3v) is 2.67. The van der Waals surface area contributed by atoms with Crippen molar-refractivity contribution in [3.05, 3.63) is 0 Å². The molecular weight excluding hydrogens is 202 g/mol. The molecule has 4 nitrogen and oxygen atoms in total. The Morgan fingerprint density at radius 1 is 1.07 bits per heavy atom. The van der Waals surface area contributed by atoms with Crippen LogP contribution in [0.3, 0.4) is 0 Å². The Bertz CT molecular complexity index is 214. The van der Waals surface area contributed by atoms with E-state index >= 15 is 0 Å². The summed E-state index contributed by atoms with van der Waals surface area (Å²) in [6, 6.07) is 0. The van der Waals surface area contributed by atoms with Gasteiger partial charge in [0.05, 0.1) is 5.75 Å². The molecule has 0 unspecified atom stereocenters. The van der Waals surface area contributed by atoms with Crippen molar-refractivity contribution in [3.8, 4) is 0 Å². The standard InChI is InChI=1S/C9H21NO3S/c1-2-7-13-8-5-3-4-6-9-14(10,11)12/h2-9H2,1H3,(H2,10,11,12). The Morgan fingerprint density at radius 2 is 1.71 bits per heavy atom. The number of primary sulfonamides is 1. The second kappa shape index (κ2) is 8.20. The molecule has 0 heterocycles. The first-order valence-electron chi connectivity index (χ1n) is 5.14. The molecule has 14 heavy (non-hydrogen) atoms. The van der Waals surface area contributed by atoms with Crippen molar-refractivity contribution in [2.75, 3.05) is 19.0 Å². The fourth-order valence-electron chi connectivity index (χ4n) is 1.11. The molecule has 0 saturated carbocycles. The van der Waals surface area contributed by atoms with E-state index in [4.69, 9.17) is 9.88 Å². The highest BCUT2D eigenvalue weighted by molar-refractivity contribution is 7.89. The summed E-state index contributed by atoms with van der Waals surface area (Å²) in [7, 11) is -3.26. The van der Waals surface area contributed by atoms with Gasteiger partial charge < -0.3 is 4.74 Å². The number of nitrogens with two attached hydrogens (primary N) is 1. The van der Waals surface area contributed by atoms with E-state index < -0.39 is 10.0 Å². The van der Waals surface area contributed by atoms with E-state index in [2.05, 4.69) is 6.92 Å². The Morgan fingerprint density at radius 3 is 2.29 bits per heavy atom. The molecule has 2 N–H and O–H groups in total. The van der Waals surface area contributed by atoms with Gasteiger partial charge in [-0.1, -0.05) is 19.8 Å². The van der Waals surface area contributed by atoms with Gasteiger partial charge in [0.1, 0.15) is 0 Å². The van der Waals surface area contributed by atoms with Crippen LogP contribution in [0, 0.1) is 0 Å². The topological polar surface area (TPSA) is 69.4 Å². The van der Waals surface area contributed by atoms with Gasteiger partial charge >= 0.3 is 0 Å². The van der Waals surface area contributed by atoms with E-state index in [0.717, 1.165) is 38.9 Å². The molecule has 86 valence electrons. The molecule has 0 bridgehead atoms. The van der Waals surface area contributed by atoms with Gasteiger partial charge in [-0.15, -0.1) is 0 Å². The first-order valence-corrected chi connectivity index (χ1v) is 6.86. The molecule has 0 atom stereocenters. The lowest BCUT2D eigenvalue weighted by atomic mass is 10.2. The van der Waals surface area contributed by atoms with Gasteiger partial charge in [-0.05, 0) is 19.3 Å². The van der Waals surface area contributed by atoms with E-state index in [9.17, 15) is 8.42 Å². The van der Waals surface area contributed by atoms with E-state index in [1.54, 1.807) is 0 Å². The maximum atomic E-state index is 10.6. The fraction of sp³-hybridized carbons (Fsp3) is 1.00. The normalized spacial score (nSPS) is 11.9. The number of rotatable bonds is 9. The molecule has 0 aliphatic carbocycles. The molecule has 0 radical (unpaired) electrons. The fourth-order valence-corrected chi connectivity index (χ4v) is 1.71. The van der Waals surface area contributed by atoms with Crippen LogP contribution < -0.4 is 5.14 Å². The molecule has 0 saturated heterocycles. The smallest absolute Gasteiger partial charge is 0.209 e. The van der Waals surface area contributed by atoms with Crippen LogP contribution in [-0.4, -0.2) is 27.4 Å². The zero-order valence-electron chi connectivity index (χ0n) is 8.87. The summed E-state index contributed by atoms with van der Waals surface area (Å²) >= 11 is 0. The summed E-state index contributed by atoms with van der Waals surface area (Å²) in [5, 5.41) is 4.86. The van der Waals surface area contributed by atoms with Crippen LogP contribution in [0.2, 0.25) is 0 Å². The minimum Gasteiger partial charge on any atom is -0.381 e. The molecule has 0 aliphatic rings. The van der Waals surface area contributed by atoms with Crippen molar-refractivity contribution in [1.29, 1.82) is 0 Å². The van der Waals surface area contributed by atoms with E-state index in [1.165, 1.54) is 0 Å². The van der Waals surface area contributed by atoms with Crippen LogP contribution in [0.4, 0.5) is 0 Å². The van der Waals surface area contributed by atoms with Crippen LogP contribution in [0.15, 0.2) is 0 Å². The SMILES string of the molecule is CCCOCCCCCCS(N)(=O)=O. The molecule has 0 aliphatic heterocycles. The van der Waals surface area contributed by atoms with Gasteiger partial charge in [0, 0.05) is 13.2 Å². The highest BCUT2D eigenvalue weighted by atomic mass is 32.2. The van der Waals surface area contributed by atoms with Crippen molar-refractivity contribution in [2.45, 2.75) is 39.0 Å². The zero-order chi connectivity index (χ0) is 10.9. The average molecular weight is 223 g/mol. The second-order valence-electron chi connectivity index (χ2n) is 3.39. The predicted molar refractivity (Wildman–Crippen MR) is 57.6 cm³/mol. The van der Waals surface area contributed by atoms with Crippen LogP contribution >= 0.6 is 0 Å². The van der Waals surface area contributed by atoms with Gasteiger partial charge in [-0.3, -0.25) is 0 Å². The Kier molecular flexibility index (Phi) is 8.12. The van der Waals surface area contributed by atoms with Crippen molar-refractivity contribution < 1.29 is 13.2 Å². The summed E-state index contributed by atoms with van der Waals surface area (Å²) < 4.78 is 26.4. The second-order valence-corrected chi connectivity index (χ2v) is 5.13. The number of unbranched alkanes of at least 4 members (excludes halogenated alkanes) is 3. The van der Waals surface area contributed by atoms with Crippen molar-refractivity contribution >= 4 is 10.0 Å².